The number of halogens is 2. The van der Waals surface area contributed by atoms with Gasteiger partial charge in [-0.15, -0.1) is 0 Å². The van der Waals surface area contributed by atoms with Crippen molar-refractivity contribution in [2.45, 2.75) is 25.8 Å². The molecule has 1 aromatic rings. The largest absolute Gasteiger partial charge is 0.385 e. The van der Waals surface area contributed by atoms with Crippen molar-refractivity contribution in [2.75, 3.05) is 20.3 Å². The number of hydrogen-bond donors (Lipinski definition) is 1. The van der Waals surface area contributed by atoms with Crippen molar-refractivity contribution < 1.29 is 9.13 Å². The number of methoxy groups -OCH3 is 1. The van der Waals surface area contributed by atoms with E-state index in [1.807, 2.05) is 6.92 Å². The van der Waals surface area contributed by atoms with Crippen molar-refractivity contribution in [1.29, 1.82) is 0 Å². The third-order valence-electron chi connectivity index (χ3n) is 2.63. The monoisotopic (exact) mass is 259 g/mol. The third-order valence-corrected chi connectivity index (χ3v) is 2.86. The Morgan fingerprint density at radius 3 is 2.88 bits per heavy atom. The molecule has 1 aromatic carbocycles. The molecule has 0 aliphatic carbocycles. The van der Waals surface area contributed by atoms with E-state index in [1.165, 1.54) is 6.07 Å². The minimum atomic E-state index is -0.210. The van der Waals surface area contributed by atoms with Gasteiger partial charge in [0.05, 0.1) is 0 Å². The van der Waals surface area contributed by atoms with Gasteiger partial charge in [-0.05, 0) is 37.6 Å². The Labute approximate surface area is 107 Å². The molecule has 0 bridgehead atoms. The average molecular weight is 260 g/mol. The number of rotatable bonds is 7. The predicted octanol–water partition coefficient (Wildman–Crippen LogP) is 3.56. The van der Waals surface area contributed by atoms with Crippen LogP contribution >= 0.6 is 11.6 Å². The van der Waals surface area contributed by atoms with E-state index in [4.69, 9.17) is 16.3 Å². The molecule has 0 aliphatic heterocycles. The fourth-order valence-corrected chi connectivity index (χ4v) is 2.01. The van der Waals surface area contributed by atoms with E-state index in [9.17, 15) is 4.39 Å². The minimum absolute atomic E-state index is 0.00569. The van der Waals surface area contributed by atoms with Crippen LogP contribution in [0.5, 0.6) is 0 Å². The number of nitrogens with one attached hydrogen (secondary N) is 1. The van der Waals surface area contributed by atoms with Gasteiger partial charge in [0.25, 0.3) is 0 Å². The maximum Gasteiger partial charge on any atom is 0.128 e. The van der Waals surface area contributed by atoms with Crippen LogP contribution in [-0.4, -0.2) is 20.3 Å². The van der Waals surface area contributed by atoms with Gasteiger partial charge in [0.2, 0.25) is 0 Å². The second-order valence-corrected chi connectivity index (χ2v) is 4.35. The zero-order valence-electron chi connectivity index (χ0n) is 10.3. The van der Waals surface area contributed by atoms with Crippen LogP contribution in [0.15, 0.2) is 18.2 Å². The van der Waals surface area contributed by atoms with Crippen molar-refractivity contribution in [1.82, 2.24) is 5.32 Å². The Balaban J connectivity index is 2.77. The van der Waals surface area contributed by atoms with Crippen LogP contribution in [0.1, 0.15) is 31.4 Å². The van der Waals surface area contributed by atoms with Crippen LogP contribution < -0.4 is 5.32 Å². The minimum Gasteiger partial charge on any atom is -0.385 e. The summed E-state index contributed by atoms with van der Waals surface area (Å²) in [4.78, 5) is 0. The molecule has 0 saturated heterocycles. The summed E-state index contributed by atoms with van der Waals surface area (Å²) < 4.78 is 18.7. The summed E-state index contributed by atoms with van der Waals surface area (Å²) in [6.45, 7) is 3.49. The Morgan fingerprint density at radius 1 is 1.47 bits per heavy atom. The van der Waals surface area contributed by atoms with Crippen LogP contribution in [0, 0.1) is 5.82 Å². The van der Waals surface area contributed by atoms with E-state index in [0.717, 1.165) is 19.4 Å². The first-order chi connectivity index (χ1) is 8.19. The second kappa shape index (κ2) is 7.64. The van der Waals surface area contributed by atoms with Gasteiger partial charge in [0, 0.05) is 30.3 Å². The van der Waals surface area contributed by atoms with Crippen LogP contribution in [0.4, 0.5) is 4.39 Å². The van der Waals surface area contributed by atoms with E-state index in [1.54, 1.807) is 19.2 Å². The van der Waals surface area contributed by atoms with Gasteiger partial charge in [0.1, 0.15) is 5.82 Å². The van der Waals surface area contributed by atoms with Gasteiger partial charge in [0.15, 0.2) is 0 Å². The Hall–Kier alpha value is -0.640. The van der Waals surface area contributed by atoms with Gasteiger partial charge in [-0.3, -0.25) is 0 Å². The fourth-order valence-electron chi connectivity index (χ4n) is 1.83. The SMILES string of the molecule is CCNC(CCCOC)c1cc(Cl)ccc1F. The molecule has 0 aliphatic rings. The van der Waals surface area contributed by atoms with Gasteiger partial charge in [-0.25, -0.2) is 4.39 Å². The molecular weight excluding hydrogens is 241 g/mol. The van der Waals surface area contributed by atoms with Gasteiger partial charge < -0.3 is 10.1 Å². The summed E-state index contributed by atoms with van der Waals surface area (Å²) in [6.07, 6.45) is 1.72. The highest BCUT2D eigenvalue weighted by Crippen LogP contribution is 2.24. The topological polar surface area (TPSA) is 21.3 Å². The Morgan fingerprint density at radius 2 is 2.24 bits per heavy atom. The highest BCUT2D eigenvalue weighted by atomic mass is 35.5. The molecule has 1 N–H and O–H groups in total. The highest BCUT2D eigenvalue weighted by Gasteiger charge is 2.14. The molecule has 0 aromatic heterocycles. The molecule has 96 valence electrons. The smallest absolute Gasteiger partial charge is 0.128 e. The zero-order valence-corrected chi connectivity index (χ0v) is 11.1. The van der Waals surface area contributed by atoms with Crippen molar-refractivity contribution in [3.05, 3.63) is 34.6 Å². The van der Waals surface area contributed by atoms with E-state index < -0.39 is 0 Å². The van der Waals surface area contributed by atoms with Crippen LogP contribution in [0.2, 0.25) is 5.02 Å². The molecule has 0 amide bonds. The lowest BCUT2D eigenvalue weighted by molar-refractivity contribution is 0.188. The molecule has 1 rings (SSSR count). The first-order valence-electron chi connectivity index (χ1n) is 5.86. The lowest BCUT2D eigenvalue weighted by atomic mass is 10.0. The molecule has 4 heteroatoms. The lowest BCUT2D eigenvalue weighted by Gasteiger charge is -2.19. The number of ether oxygens (including phenoxy) is 1. The van der Waals surface area contributed by atoms with Crippen LogP contribution in [0.3, 0.4) is 0 Å². The lowest BCUT2D eigenvalue weighted by Crippen LogP contribution is -2.22. The first kappa shape index (κ1) is 14.4. The zero-order chi connectivity index (χ0) is 12.7. The van der Waals surface area contributed by atoms with E-state index in [2.05, 4.69) is 5.32 Å². The normalized spacial score (nSPS) is 12.7. The summed E-state index contributed by atoms with van der Waals surface area (Å²) in [6, 6.07) is 4.67. The van der Waals surface area contributed by atoms with Gasteiger partial charge in [-0.2, -0.15) is 0 Å². The van der Waals surface area contributed by atoms with Crippen LogP contribution in [-0.2, 0) is 4.74 Å². The van der Waals surface area contributed by atoms with Crippen molar-refractivity contribution in [3.63, 3.8) is 0 Å². The summed E-state index contributed by atoms with van der Waals surface area (Å²) in [5.41, 5.74) is 0.635. The maximum atomic E-state index is 13.7. The van der Waals surface area contributed by atoms with Gasteiger partial charge >= 0.3 is 0 Å². The standard InChI is InChI=1S/C13H19ClFNO/c1-3-16-13(5-4-8-17-2)11-9-10(14)6-7-12(11)15/h6-7,9,13,16H,3-5,8H2,1-2H3. The Kier molecular flexibility index (Phi) is 6.48. The summed E-state index contributed by atoms with van der Waals surface area (Å²) in [5.74, 6) is -0.210. The molecular formula is C13H19ClFNO. The van der Waals surface area contributed by atoms with Crippen molar-refractivity contribution >= 4 is 11.6 Å². The molecule has 1 unspecified atom stereocenters. The second-order valence-electron chi connectivity index (χ2n) is 3.91. The first-order valence-corrected chi connectivity index (χ1v) is 6.24. The summed E-state index contributed by atoms with van der Waals surface area (Å²) in [7, 11) is 1.67. The van der Waals surface area contributed by atoms with E-state index >= 15 is 0 Å². The third kappa shape index (κ3) is 4.62. The molecule has 0 spiro atoms. The molecule has 2 nitrogen and oxygen atoms in total. The van der Waals surface area contributed by atoms with E-state index in [-0.39, 0.29) is 11.9 Å². The molecule has 1 atom stereocenters. The molecule has 0 radical (unpaired) electrons. The van der Waals surface area contributed by atoms with Crippen molar-refractivity contribution in [3.8, 4) is 0 Å². The molecule has 17 heavy (non-hydrogen) atoms. The predicted molar refractivity (Wildman–Crippen MR) is 68.9 cm³/mol. The molecule has 0 fully saturated rings. The van der Waals surface area contributed by atoms with Gasteiger partial charge in [-0.1, -0.05) is 18.5 Å². The summed E-state index contributed by atoms with van der Waals surface area (Å²) >= 11 is 5.90. The molecule has 0 saturated carbocycles. The fraction of sp³-hybridized carbons (Fsp3) is 0.538. The average Bonchev–Trinajstić information content (AvgIpc) is 2.32. The van der Waals surface area contributed by atoms with Crippen molar-refractivity contribution in [2.24, 2.45) is 0 Å². The maximum absolute atomic E-state index is 13.7. The van der Waals surface area contributed by atoms with E-state index in [0.29, 0.717) is 17.2 Å². The molecule has 0 heterocycles. The van der Waals surface area contributed by atoms with Crippen LogP contribution in [0.25, 0.3) is 0 Å². The number of benzene rings is 1. The summed E-state index contributed by atoms with van der Waals surface area (Å²) in [5, 5.41) is 3.84. The quantitative estimate of drug-likeness (QED) is 0.756. The highest BCUT2D eigenvalue weighted by molar-refractivity contribution is 6.30. The number of hydrogen-bond acceptors (Lipinski definition) is 2. The Bertz CT molecular complexity index is 346.